The quantitative estimate of drug-likeness (QED) is 0.210. The largest absolute Gasteiger partial charge is 0.492 e. The van der Waals surface area contributed by atoms with Gasteiger partial charge in [-0.1, -0.05) is 0 Å². The average Bonchev–Trinajstić information content (AvgIpc) is 2.54. The van der Waals surface area contributed by atoms with Gasteiger partial charge in [0.15, 0.2) is 0 Å². The zero-order chi connectivity index (χ0) is 22.6. The number of hydrogen-bond acceptors (Lipinski definition) is 13. The summed E-state index contributed by atoms with van der Waals surface area (Å²) in [6.07, 6.45) is 0. The third kappa shape index (κ3) is 11.1. The molecule has 17 heteroatoms. The van der Waals surface area contributed by atoms with E-state index < -0.39 is 31.3 Å². The Labute approximate surface area is 171 Å². The summed E-state index contributed by atoms with van der Waals surface area (Å²) in [5.41, 5.74) is 0. The number of phosphoric acid groups is 4. The number of phosphoric ester groups is 2. The van der Waals surface area contributed by atoms with E-state index in [0.717, 1.165) is 0 Å². The molecule has 13 nitrogen and oxygen atoms in total. The van der Waals surface area contributed by atoms with Gasteiger partial charge in [0.25, 0.3) is 0 Å². The van der Waals surface area contributed by atoms with Crippen LogP contribution in [0.2, 0.25) is 0 Å². The number of rotatable bonds is 18. The van der Waals surface area contributed by atoms with Crippen LogP contribution >= 0.6 is 31.3 Å². The Hall–Kier alpha value is 0.560. The summed E-state index contributed by atoms with van der Waals surface area (Å²) < 4.78 is 94.8. The van der Waals surface area contributed by atoms with Gasteiger partial charge < -0.3 is 0 Å². The maximum Gasteiger partial charge on any atom is 0.492 e. The van der Waals surface area contributed by atoms with E-state index in [1.807, 2.05) is 0 Å². The van der Waals surface area contributed by atoms with E-state index in [1.54, 1.807) is 0 Å². The van der Waals surface area contributed by atoms with Crippen LogP contribution < -0.4 is 0 Å². The van der Waals surface area contributed by atoms with Crippen molar-refractivity contribution in [1.82, 2.24) is 0 Å². The van der Waals surface area contributed by atoms with Crippen LogP contribution in [0.15, 0.2) is 0 Å². The van der Waals surface area contributed by atoms with Gasteiger partial charge in [-0.05, 0) is 41.5 Å². The van der Waals surface area contributed by atoms with Crippen molar-refractivity contribution in [1.29, 1.82) is 0 Å². The van der Waals surface area contributed by atoms with E-state index in [1.165, 1.54) is 41.5 Å². The van der Waals surface area contributed by atoms with Crippen molar-refractivity contribution in [2.24, 2.45) is 0 Å². The van der Waals surface area contributed by atoms with Crippen LogP contribution in [0.1, 0.15) is 41.5 Å². The summed E-state index contributed by atoms with van der Waals surface area (Å²) in [6, 6.07) is 0. The summed E-state index contributed by atoms with van der Waals surface area (Å²) in [5.74, 6) is 0. The molecule has 0 aromatic rings. The monoisotopic (exact) mass is 506 g/mol. The van der Waals surface area contributed by atoms with Gasteiger partial charge in [0.2, 0.25) is 0 Å². The summed E-state index contributed by atoms with van der Waals surface area (Å²) in [5, 5.41) is 0. The molecule has 0 aliphatic rings. The molecular weight excluding hydrogens is 476 g/mol. The first kappa shape index (κ1) is 29.6. The van der Waals surface area contributed by atoms with Crippen LogP contribution in [0, 0.1) is 0 Å². The highest BCUT2D eigenvalue weighted by Gasteiger charge is 2.50. The first-order valence-corrected chi connectivity index (χ1v) is 14.7. The molecule has 0 bridgehead atoms. The summed E-state index contributed by atoms with van der Waals surface area (Å²) in [7, 11) is -18.7. The molecule has 0 saturated heterocycles. The van der Waals surface area contributed by atoms with E-state index in [2.05, 4.69) is 0 Å². The third-order valence-corrected chi connectivity index (χ3v) is 10.6. The van der Waals surface area contributed by atoms with Crippen molar-refractivity contribution in [3.05, 3.63) is 0 Å². The molecule has 176 valence electrons. The Morgan fingerprint density at radius 2 is 0.552 bits per heavy atom. The second-order valence-corrected chi connectivity index (χ2v) is 11.6. The first-order valence-electron chi connectivity index (χ1n) is 8.90. The molecule has 0 spiro atoms. The molecule has 0 rings (SSSR count). The van der Waals surface area contributed by atoms with Crippen molar-refractivity contribution < 1.29 is 58.3 Å². The third-order valence-electron chi connectivity index (χ3n) is 2.32. The molecule has 0 aromatic heterocycles. The first-order chi connectivity index (χ1) is 13.5. The van der Waals surface area contributed by atoms with E-state index in [4.69, 9.17) is 40.1 Å². The molecule has 0 saturated carbocycles. The van der Waals surface area contributed by atoms with Crippen molar-refractivity contribution in [3.63, 3.8) is 0 Å². The van der Waals surface area contributed by atoms with Gasteiger partial charge in [-0.15, -0.1) is 0 Å². The smallest absolute Gasteiger partial charge is 0.287 e. The van der Waals surface area contributed by atoms with Gasteiger partial charge in [0, 0.05) is 0 Å². The summed E-state index contributed by atoms with van der Waals surface area (Å²) >= 11 is 0. The molecular formula is C12H30O13P4. The topological polar surface area (TPSA) is 151 Å². The Bertz CT molecular complexity index is 580. The summed E-state index contributed by atoms with van der Waals surface area (Å²) in [4.78, 5) is 0. The maximum atomic E-state index is 13.0. The normalized spacial score (nSPS) is 17.0. The maximum absolute atomic E-state index is 13.0. The van der Waals surface area contributed by atoms with Crippen LogP contribution in [0.25, 0.3) is 0 Å². The van der Waals surface area contributed by atoms with E-state index >= 15 is 0 Å². The van der Waals surface area contributed by atoms with Crippen LogP contribution in [-0.4, -0.2) is 39.6 Å². The SMILES string of the molecule is CCOP(=O)(OCC)OP(=O)(OCC)OP(=O)(OCC)OP(=O)(OCC)OCC. The lowest BCUT2D eigenvalue weighted by Crippen LogP contribution is -2.07. The van der Waals surface area contributed by atoms with E-state index in [9.17, 15) is 18.3 Å². The van der Waals surface area contributed by atoms with Crippen molar-refractivity contribution in [3.8, 4) is 0 Å². The Morgan fingerprint density at radius 1 is 0.379 bits per heavy atom. The van der Waals surface area contributed by atoms with Gasteiger partial charge in [-0.25, -0.2) is 18.3 Å². The molecule has 0 fully saturated rings. The predicted molar refractivity (Wildman–Crippen MR) is 103 cm³/mol. The van der Waals surface area contributed by atoms with Crippen LogP contribution in [0.4, 0.5) is 0 Å². The second kappa shape index (κ2) is 13.9. The zero-order valence-electron chi connectivity index (χ0n) is 17.3. The lowest BCUT2D eigenvalue weighted by atomic mass is 10.9. The minimum atomic E-state index is -4.93. The molecule has 2 unspecified atom stereocenters. The van der Waals surface area contributed by atoms with Gasteiger partial charge in [-0.2, -0.15) is 12.9 Å². The molecule has 0 amide bonds. The average molecular weight is 506 g/mol. The molecule has 0 aliphatic carbocycles. The highest BCUT2D eigenvalue weighted by atomic mass is 31.3. The Morgan fingerprint density at radius 3 is 0.759 bits per heavy atom. The second-order valence-electron chi connectivity index (χ2n) is 4.54. The van der Waals surface area contributed by atoms with E-state index in [-0.39, 0.29) is 39.6 Å². The van der Waals surface area contributed by atoms with Gasteiger partial charge in [0.05, 0.1) is 39.6 Å². The Kier molecular flexibility index (Phi) is 14.1. The minimum absolute atomic E-state index is 0.132. The molecule has 2 atom stereocenters. The lowest BCUT2D eigenvalue weighted by molar-refractivity contribution is 0.116. The standard InChI is InChI=1S/C12H30O13P4/c1-7-17-26(13,18-8-2)23-28(15,21-11-5)25-29(16,22-12-6)24-27(14,19-9-3)20-10-4/h7-12H2,1-6H3. The van der Waals surface area contributed by atoms with Crippen molar-refractivity contribution in [2.75, 3.05) is 39.6 Å². The fourth-order valence-corrected chi connectivity index (χ4v) is 8.88. The highest BCUT2D eigenvalue weighted by Crippen LogP contribution is 2.76. The van der Waals surface area contributed by atoms with E-state index in [0.29, 0.717) is 0 Å². The fourth-order valence-electron chi connectivity index (χ4n) is 1.61. The van der Waals surface area contributed by atoms with Crippen molar-refractivity contribution in [2.45, 2.75) is 41.5 Å². The zero-order valence-corrected chi connectivity index (χ0v) is 20.9. The van der Waals surface area contributed by atoms with Gasteiger partial charge in [0.1, 0.15) is 0 Å². The molecule has 0 aromatic carbocycles. The molecule has 29 heavy (non-hydrogen) atoms. The summed E-state index contributed by atoms with van der Waals surface area (Å²) in [6.45, 7) is 7.65. The molecule has 0 aliphatic heterocycles. The lowest BCUT2D eigenvalue weighted by Gasteiger charge is -2.26. The van der Waals surface area contributed by atoms with Crippen LogP contribution in [0.5, 0.6) is 0 Å². The minimum Gasteiger partial charge on any atom is -0.287 e. The van der Waals surface area contributed by atoms with Crippen molar-refractivity contribution >= 4 is 31.3 Å². The highest BCUT2D eigenvalue weighted by molar-refractivity contribution is 7.70. The molecule has 0 N–H and O–H groups in total. The Balaban J connectivity index is 5.89. The van der Waals surface area contributed by atoms with Crippen LogP contribution in [-0.2, 0) is 58.3 Å². The van der Waals surface area contributed by atoms with Crippen LogP contribution in [0.3, 0.4) is 0 Å². The predicted octanol–water partition coefficient (Wildman–Crippen LogP) is 5.69. The molecule has 0 heterocycles. The fraction of sp³-hybridized carbons (Fsp3) is 1.00. The van der Waals surface area contributed by atoms with Gasteiger partial charge >= 0.3 is 31.3 Å². The van der Waals surface area contributed by atoms with Gasteiger partial charge in [-0.3, -0.25) is 27.1 Å². The molecule has 0 radical (unpaired) electrons. The number of hydrogen-bond donors (Lipinski definition) is 0.